The number of ether oxygens (including phenoxy) is 1. The average molecular weight is 286 g/mol. The highest BCUT2D eigenvalue weighted by molar-refractivity contribution is 7.99. The number of amides is 1. The van der Waals surface area contributed by atoms with Gasteiger partial charge >= 0.3 is 0 Å². The summed E-state index contributed by atoms with van der Waals surface area (Å²) in [6.07, 6.45) is 2.26. The Balaban J connectivity index is 1.92. The van der Waals surface area contributed by atoms with Crippen molar-refractivity contribution in [2.75, 3.05) is 13.2 Å². The summed E-state index contributed by atoms with van der Waals surface area (Å²) < 4.78 is 5.35. The van der Waals surface area contributed by atoms with Crippen molar-refractivity contribution >= 4 is 29.0 Å². The minimum Gasteiger partial charge on any atom is -0.381 e. The summed E-state index contributed by atoms with van der Waals surface area (Å²) in [6.45, 7) is 3.81. The lowest BCUT2D eigenvalue weighted by Gasteiger charge is -2.21. The Morgan fingerprint density at radius 1 is 1.61 bits per heavy atom. The molecule has 1 saturated heterocycles. The van der Waals surface area contributed by atoms with E-state index in [0.29, 0.717) is 10.1 Å². The molecule has 0 aliphatic carbocycles. The van der Waals surface area contributed by atoms with E-state index in [0.717, 1.165) is 31.8 Å². The second-order valence-electron chi connectivity index (χ2n) is 4.29. The molecule has 1 aliphatic rings. The molecule has 0 saturated carbocycles. The minimum absolute atomic E-state index is 0.203. The van der Waals surface area contributed by atoms with Crippen LogP contribution in [0.5, 0.6) is 0 Å². The van der Waals surface area contributed by atoms with E-state index in [2.05, 4.69) is 12.3 Å². The number of nitrogens with two attached hydrogens (primary N) is 1. The van der Waals surface area contributed by atoms with Crippen molar-refractivity contribution in [2.24, 2.45) is 5.84 Å². The van der Waals surface area contributed by atoms with Crippen LogP contribution >= 0.6 is 23.1 Å². The van der Waals surface area contributed by atoms with E-state index in [9.17, 15) is 4.79 Å². The van der Waals surface area contributed by atoms with E-state index in [1.807, 2.05) is 17.8 Å². The molecule has 100 valence electrons. The number of rotatable bonds is 4. The van der Waals surface area contributed by atoms with Crippen molar-refractivity contribution in [1.29, 1.82) is 0 Å². The molecule has 2 heterocycles. The second kappa shape index (κ2) is 6.56. The highest BCUT2D eigenvalue weighted by atomic mass is 32.2. The zero-order chi connectivity index (χ0) is 13.0. The van der Waals surface area contributed by atoms with E-state index < -0.39 is 0 Å². The van der Waals surface area contributed by atoms with Crippen LogP contribution in [0.25, 0.3) is 0 Å². The molecule has 1 aromatic rings. The highest BCUT2D eigenvalue weighted by Crippen LogP contribution is 2.30. The van der Waals surface area contributed by atoms with Gasteiger partial charge < -0.3 is 4.74 Å². The molecule has 2 rings (SSSR count). The lowest BCUT2D eigenvalue weighted by atomic mass is 10.2. The maximum Gasteiger partial charge on any atom is 0.275 e. The van der Waals surface area contributed by atoms with Crippen LogP contribution in [0.4, 0.5) is 0 Å². The van der Waals surface area contributed by atoms with Gasteiger partial charge in [0.25, 0.3) is 5.91 Å². The zero-order valence-electron chi connectivity index (χ0n) is 10.4. The van der Waals surface area contributed by atoms with Crippen molar-refractivity contribution < 1.29 is 9.53 Å². The van der Waals surface area contributed by atoms with Crippen molar-refractivity contribution in [2.45, 2.75) is 30.8 Å². The molecule has 0 radical (unpaired) electrons. The highest BCUT2D eigenvalue weighted by Gasteiger charge is 2.16. The van der Waals surface area contributed by atoms with E-state index >= 15 is 0 Å². The van der Waals surface area contributed by atoms with Crippen LogP contribution in [0, 0.1) is 6.92 Å². The number of nitrogen functional groups attached to an aromatic ring is 1. The predicted octanol–water partition coefficient (Wildman–Crippen LogP) is 2.07. The van der Waals surface area contributed by atoms with Gasteiger partial charge in [0.2, 0.25) is 0 Å². The lowest BCUT2D eigenvalue weighted by molar-refractivity contribution is 0.0957. The molecular weight excluding hydrogens is 268 g/mol. The van der Waals surface area contributed by atoms with Gasteiger partial charge in [0.15, 0.2) is 0 Å². The molecule has 0 aromatic carbocycles. The van der Waals surface area contributed by atoms with Crippen LogP contribution in [0.15, 0.2) is 6.07 Å². The molecule has 0 atom stereocenters. The quantitative estimate of drug-likeness (QED) is 0.505. The van der Waals surface area contributed by atoms with Crippen LogP contribution in [0.1, 0.15) is 33.0 Å². The molecule has 4 nitrogen and oxygen atoms in total. The smallest absolute Gasteiger partial charge is 0.275 e. The number of hydrogen-bond acceptors (Lipinski definition) is 5. The topological polar surface area (TPSA) is 64.4 Å². The molecule has 1 aromatic heterocycles. The minimum atomic E-state index is -0.203. The molecule has 1 fully saturated rings. The van der Waals surface area contributed by atoms with Gasteiger partial charge in [0, 0.05) is 29.1 Å². The Bertz CT molecular complexity index is 414. The van der Waals surface area contributed by atoms with Gasteiger partial charge in [-0.1, -0.05) is 0 Å². The number of hydrazine groups is 1. The molecule has 3 N–H and O–H groups in total. The third-order valence-electron chi connectivity index (χ3n) is 3.02. The molecule has 1 amide bonds. The summed E-state index contributed by atoms with van der Waals surface area (Å²) in [6, 6.07) is 1.95. The standard InChI is InChI=1S/C12H18N2O2S2/c1-8-9(6-11(18-8)12(15)14-13)7-17-10-2-4-16-5-3-10/h6,10H,2-5,7,13H2,1H3,(H,14,15). The van der Waals surface area contributed by atoms with E-state index in [-0.39, 0.29) is 5.91 Å². The van der Waals surface area contributed by atoms with Crippen molar-refractivity contribution in [3.63, 3.8) is 0 Å². The normalized spacial score (nSPS) is 16.8. The van der Waals surface area contributed by atoms with Gasteiger partial charge in [0.05, 0.1) is 4.88 Å². The Kier molecular flexibility index (Phi) is 5.05. The number of carbonyl (C=O) groups is 1. The molecule has 6 heteroatoms. The number of thiophene rings is 1. The molecule has 0 spiro atoms. The van der Waals surface area contributed by atoms with E-state index in [1.54, 1.807) is 0 Å². The van der Waals surface area contributed by atoms with Crippen LogP contribution in [-0.4, -0.2) is 24.4 Å². The van der Waals surface area contributed by atoms with Crippen LogP contribution < -0.4 is 11.3 Å². The summed E-state index contributed by atoms with van der Waals surface area (Å²) in [5.74, 6) is 5.90. The maximum absolute atomic E-state index is 11.4. The van der Waals surface area contributed by atoms with Gasteiger partial charge in [0.1, 0.15) is 0 Å². The predicted molar refractivity (Wildman–Crippen MR) is 75.8 cm³/mol. The first kappa shape index (κ1) is 13.9. The number of nitrogens with one attached hydrogen (secondary N) is 1. The fraction of sp³-hybridized carbons (Fsp3) is 0.583. The molecular formula is C12H18N2O2S2. The first-order chi connectivity index (χ1) is 8.70. The fourth-order valence-electron chi connectivity index (χ4n) is 1.90. The van der Waals surface area contributed by atoms with Crippen LogP contribution in [0.2, 0.25) is 0 Å². The van der Waals surface area contributed by atoms with E-state index in [1.165, 1.54) is 21.8 Å². The second-order valence-corrected chi connectivity index (χ2v) is 6.83. The third-order valence-corrected chi connectivity index (χ3v) is 5.53. The van der Waals surface area contributed by atoms with Crippen molar-refractivity contribution in [3.8, 4) is 0 Å². The number of thioether (sulfide) groups is 1. The monoisotopic (exact) mass is 286 g/mol. The SMILES string of the molecule is Cc1sc(C(=O)NN)cc1CSC1CCOCC1. The van der Waals surface area contributed by atoms with Gasteiger partial charge in [-0.05, 0) is 31.4 Å². The zero-order valence-corrected chi connectivity index (χ0v) is 12.0. The first-order valence-electron chi connectivity index (χ1n) is 6.00. The summed E-state index contributed by atoms with van der Waals surface area (Å²) in [4.78, 5) is 13.3. The van der Waals surface area contributed by atoms with Crippen LogP contribution in [0.3, 0.4) is 0 Å². The summed E-state index contributed by atoms with van der Waals surface area (Å²) in [5.41, 5.74) is 3.42. The van der Waals surface area contributed by atoms with Crippen molar-refractivity contribution in [1.82, 2.24) is 5.43 Å². The van der Waals surface area contributed by atoms with Gasteiger partial charge in [-0.2, -0.15) is 11.8 Å². The molecule has 1 aliphatic heterocycles. The van der Waals surface area contributed by atoms with Crippen LogP contribution in [-0.2, 0) is 10.5 Å². The van der Waals surface area contributed by atoms with Gasteiger partial charge in [-0.15, -0.1) is 11.3 Å². The Morgan fingerprint density at radius 2 is 2.33 bits per heavy atom. The summed E-state index contributed by atoms with van der Waals surface area (Å²) in [7, 11) is 0. The maximum atomic E-state index is 11.4. The number of aryl methyl sites for hydroxylation is 1. The first-order valence-corrected chi connectivity index (χ1v) is 7.87. The fourth-order valence-corrected chi connectivity index (χ4v) is 4.17. The average Bonchev–Trinajstić information content (AvgIpc) is 2.78. The Morgan fingerprint density at radius 3 is 3.00 bits per heavy atom. The van der Waals surface area contributed by atoms with Gasteiger partial charge in [-0.3, -0.25) is 10.2 Å². The molecule has 18 heavy (non-hydrogen) atoms. The molecule has 0 unspecified atom stereocenters. The van der Waals surface area contributed by atoms with E-state index in [4.69, 9.17) is 10.6 Å². The third kappa shape index (κ3) is 3.47. The molecule has 0 bridgehead atoms. The summed E-state index contributed by atoms with van der Waals surface area (Å²) in [5, 5.41) is 0.685. The largest absolute Gasteiger partial charge is 0.381 e. The Hall–Kier alpha value is -0.560. The number of hydrogen-bond donors (Lipinski definition) is 2. The summed E-state index contributed by atoms with van der Waals surface area (Å²) >= 11 is 3.46. The van der Waals surface area contributed by atoms with Crippen molar-refractivity contribution in [3.05, 3.63) is 21.4 Å². The Labute approximate surface area is 115 Å². The lowest BCUT2D eigenvalue weighted by Crippen LogP contribution is -2.29. The number of carbonyl (C=O) groups excluding carboxylic acids is 1. The van der Waals surface area contributed by atoms with Gasteiger partial charge in [-0.25, -0.2) is 5.84 Å².